The van der Waals surface area contributed by atoms with Crippen LogP contribution in [0.3, 0.4) is 0 Å². The average Bonchev–Trinajstić information content (AvgIpc) is 3.28. The highest BCUT2D eigenvalue weighted by Crippen LogP contribution is 2.42. The number of aromatic nitrogens is 1. The van der Waals surface area contributed by atoms with E-state index in [0.717, 1.165) is 49.5 Å². The van der Waals surface area contributed by atoms with Crippen LogP contribution in [0.4, 0.5) is 4.39 Å². The maximum absolute atomic E-state index is 14.2. The highest BCUT2D eigenvalue weighted by atomic mass is 19.1. The van der Waals surface area contributed by atoms with Crippen molar-refractivity contribution in [3.05, 3.63) is 17.0 Å². The first-order valence-corrected chi connectivity index (χ1v) is 9.17. The number of amides is 1. The highest BCUT2D eigenvalue weighted by Gasteiger charge is 2.54. The first kappa shape index (κ1) is 17.0. The minimum atomic E-state index is -1.59. The summed E-state index contributed by atoms with van der Waals surface area (Å²) in [5.74, 6) is 0.518. The molecule has 25 heavy (non-hydrogen) atoms. The maximum atomic E-state index is 14.2. The largest absolute Gasteiger partial charge is 0.370 e. The summed E-state index contributed by atoms with van der Waals surface area (Å²) < 4.78 is 25.6. The minimum Gasteiger partial charge on any atom is -0.370 e. The van der Waals surface area contributed by atoms with Gasteiger partial charge >= 0.3 is 0 Å². The smallest absolute Gasteiger partial charge is 0.260 e. The Balaban J connectivity index is 1.45. The van der Waals surface area contributed by atoms with Gasteiger partial charge in [-0.1, -0.05) is 5.16 Å². The van der Waals surface area contributed by atoms with E-state index >= 15 is 0 Å². The molecule has 3 heterocycles. The van der Waals surface area contributed by atoms with Gasteiger partial charge in [-0.2, -0.15) is 0 Å². The first-order chi connectivity index (χ1) is 11.9. The molecular weight excluding hydrogens is 325 g/mol. The molecule has 1 unspecified atom stereocenters. The molecule has 3 aliphatic rings. The van der Waals surface area contributed by atoms with E-state index in [1.54, 1.807) is 4.90 Å². The van der Waals surface area contributed by atoms with Gasteiger partial charge in [0.2, 0.25) is 0 Å². The molecule has 2 aliphatic heterocycles. The van der Waals surface area contributed by atoms with Gasteiger partial charge in [-0.15, -0.1) is 0 Å². The molecule has 1 atom stereocenters. The van der Waals surface area contributed by atoms with Crippen LogP contribution in [0.15, 0.2) is 4.52 Å². The van der Waals surface area contributed by atoms with Gasteiger partial charge in [0.15, 0.2) is 5.67 Å². The van der Waals surface area contributed by atoms with Gasteiger partial charge in [-0.3, -0.25) is 9.69 Å². The Kier molecular flexibility index (Phi) is 4.11. The molecule has 1 spiro atoms. The number of ether oxygens (including phenoxy) is 1. The monoisotopic (exact) mass is 351 g/mol. The molecule has 1 aromatic rings. The van der Waals surface area contributed by atoms with Gasteiger partial charge in [0.25, 0.3) is 5.91 Å². The number of rotatable bonds is 3. The van der Waals surface area contributed by atoms with E-state index < -0.39 is 5.67 Å². The second-order valence-corrected chi connectivity index (χ2v) is 7.84. The Morgan fingerprint density at radius 3 is 2.72 bits per heavy atom. The predicted octanol–water partition coefficient (Wildman–Crippen LogP) is 1.99. The molecular formula is C18H26FN3O3. The number of aryl methyl sites for hydroxylation is 2. The Labute approximate surface area is 147 Å². The van der Waals surface area contributed by atoms with Crippen molar-refractivity contribution in [1.29, 1.82) is 0 Å². The number of hydrogen-bond donors (Lipinski definition) is 0. The lowest BCUT2D eigenvalue weighted by molar-refractivity contribution is -0.166. The molecule has 4 rings (SSSR count). The molecule has 0 bridgehead atoms. The zero-order valence-electron chi connectivity index (χ0n) is 15.0. The average molecular weight is 351 g/mol. The summed E-state index contributed by atoms with van der Waals surface area (Å²) >= 11 is 0. The van der Waals surface area contributed by atoms with Crippen LogP contribution in [-0.2, 0) is 16.1 Å². The van der Waals surface area contributed by atoms with Crippen molar-refractivity contribution in [3.8, 4) is 0 Å². The lowest BCUT2D eigenvalue weighted by atomic mass is 9.90. The maximum Gasteiger partial charge on any atom is 0.260 e. The third kappa shape index (κ3) is 3.19. The third-order valence-corrected chi connectivity index (χ3v) is 5.79. The van der Waals surface area contributed by atoms with Crippen molar-refractivity contribution in [1.82, 2.24) is 15.0 Å². The van der Waals surface area contributed by atoms with Crippen LogP contribution in [0.2, 0.25) is 0 Å². The fraction of sp³-hybridized carbons (Fsp3) is 0.778. The Morgan fingerprint density at radius 2 is 2.04 bits per heavy atom. The van der Waals surface area contributed by atoms with Crippen molar-refractivity contribution >= 4 is 5.91 Å². The molecule has 0 radical (unpaired) electrons. The summed E-state index contributed by atoms with van der Waals surface area (Å²) in [7, 11) is 0. The number of carbonyl (C=O) groups is 1. The van der Waals surface area contributed by atoms with E-state index in [2.05, 4.69) is 10.1 Å². The standard InChI is InChI=1S/C18H26FN3O3/c1-13-15(14(2)25-20-13)10-21-7-3-4-17(11-21)12-22(8-9-24-17)16(23)18(19)5-6-18/h3-12H2,1-2H3. The van der Waals surface area contributed by atoms with E-state index in [4.69, 9.17) is 9.26 Å². The van der Waals surface area contributed by atoms with Crippen molar-refractivity contribution in [2.24, 2.45) is 0 Å². The molecule has 1 amide bonds. The summed E-state index contributed by atoms with van der Waals surface area (Å²) in [5, 5.41) is 4.03. The quantitative estimate of drug-likeness (QED) is 0.833. The normalized spacial score (nSPS) is 29.2. The van der Waals surface area contributed by atoms with Gasteiger partial charge in [0.1, 0.15) is 5.76 Å². The number of alkyl halides is 1. The Hall–Kier alpha value is -1.47. The molecule has 2 saturated heterocycles. The molecule has 1 aromatic heterocycles. The summed E-state index contributed by atoms with van der Waals surface area (Å²) in [6, 6.07) is 0. The van der Waals surface area contributed by atoms with Crippen LogP contribution in [-0.4, -0.2) is 64.9 Å². The zero-order valence-corrected chi connectivity index (χ0v) is 15.0. The number of hydrogen-bond acceptors (Lipinski definition) is 5. The van der Waals surface area contributed by atoms with Crippen LogP contribution in [0.1, 0.15) is 42.7 Å². The predicted molar refractivity (Wildman–Crippen MR) is 88.8 cm³/mol. The lowest BCUT2D eigenvalue weighted by Gasteiger charge is -2.48. The first-order valence-electron chi connectivity index (χ1n) is 9.17. The molecule has 7 heteroatoms. The lowest BCUT2D eigenvalue weighted by Crippen LogP contribution is -2.61. The van der Waals surface area contributed by atoms with Crippen molar-refractivity contribution in [3.63, 3.8) is 0 Å². The summed E-state index contributed by atoms with van der Waals surface area (Å²) in [6.07, 6.45) is 2.66. The van der Waals surface area contributed by atoms with Gasteiger partial charge < -0.3 is 14.2 Å². The number of nitrogens with zero attached hydrogens (tertiary/aromatic N) is 3. The fourth-order valence-electron chi connectivity index (χ4n) is 4.15. The summed E-state index contributed by atoms with van der Waals surface area (Å²) in [4.78, 5) is 16.4. The molecule has 138 valence electrons. The van der Waals surface area contributed by atoms with E-state index in [9.17, 15) is 9.18 Å². The van der Waals surface area contributed by atoms with Gasteiger partial charge in [-0.25, -0.2) is 4.39 Å². The molecule has 0 N–H and O–H groups in total. The topological polar surface area (TPSA) is 58.8 Å². The Morgan fingerprint density at radius 1 is 1.24 bits per heavy atom. The van der Waals surface area contributed by atoms with Crippen molar-refractivity contribution < 1.29 is 18.4 Å². The summed E-state index contributed by atoms with van der Waals surface area (Å²) in [6.45, 7) is 7.87. The fourth-order valence-corrected chi connectivity index (χ4v) is 4.15. The highest BCUT2D eigenvalue weighted by molar-refractivity contribution is 5.88. The van der Waals surface area contributed by atoms with E-state index in [-0.39, 0.29) is 11.5 Å². The van der Waals surface area contributed by atoms with Crippen LogP contribution in [0.25, 0.3) is 0 Å². The van der Waals surface area contributed by atoms with Crippen LogP contribution < -0.4 is 0 Å². The minimum absolute atomic E-state index is 0.335. The zero-order chi connectivity index (χ0) is 17.7. The molecule has 1 aliphatic carbocycles. The van der Waals surface area contributed by atoms with Gasteiger partial charge in [-0.05, 0) is 46.1 Å². The van der Waals surface area contributed by atoms with Crippen LogP contribution >= 0.6 is 0 Å². The Bertz CT molecular complexity index is 649. The number of carbonyl (C=O) groups excluding carboxylic acids is 1. The number of likely N-dealkylation sites (tertiary alicyclic amines) is 1. The molecule has 1 saturated carbocycles. The molecule has 0 aromatic carbocycles. The molecule has 3 fully saturated rings. The second kappa shape index (κ2) is 6.06. The molecule has 6 nitrogen and oxygen atoms in total. The van der Waals surface area contributed by atoms with Crippen molar-refractivity contribution in [2.45, 2.75) is 57.3 Å². The summed E-state index contributed by atoms with van der Waals surface area (Å²) in [5.41, 5.74) is 0.0769. The van der Waals surface area contributed by atoms with E-state index in [1.807, 2.05) is 13.8 Å². The number of piperidine rings is 1. The van der Waals surface area contributed by atoms with Crippen LogP contribution in [0, 0.1) is 13.8 Å². The van der Waals surface area contributed by atoms with Gasteiger partial charge in [0.05, 0.1) is 24.4 Å². The number of halogens is 1. The van der Waals surface area contributed by atoms with E-state index in [0.29, 0.717) is 32.5 Å². The third-order valence-electron chi connectivity index (χ3n) is 5.79. The number of morpholine rings is 1. The van der Waals surface area contributed by atoms with Crippen LogP contribution in [0.5, 0.6) is 0 Å². The SMILES string of the molecule is Cc1noc(C)c1CN1CCCC2(C1)CN(C(=O)C1(F)CC1)CCO2. The second-order valence-electron chi connectivity index (χ2n) is 7.84. The van der Waals surface area contributed by atoms with E-state index in [1.165, 1.54) is 0 Å². The van der Waals surface area contributed by atoms with Gasteiger partial charge in [0, 0.05) is 25.2 Å². The van der Waals surface area contributed by atoms with Crippen molar-refractivity contribution in [2.75, 3.05) is 32.8 Å².